The number of nitrogens with one attached hydrogen (secondary N) is 3. The smallest absolute Gasteiger partial charge is 0.0206 e. The van der Waals surface area contributed by atoms with Gasteiger partial charge in [0, 0.05) is 39.3 Å². The predicted molar refractivity (Wildman–Crippen MR) is 98.6 cm³/mol. The Morgan fingerprint density at radius 2 is 1.04 bits per heavy atom. The maximum Gasteiger partial charge on any atom is 0.0206 e. The minimum atomic E-state index is 0.939. The Balaban J connectivity index is 1.45. The Morgan fingerprint density at radius 3 is 1.48 bits per heavy atom. The van der Waals surface area contributed by atoms with Crippen LogP contribution in [0.4, 0.5) is 0 Å². The summed E-state index contributed by atoms with van der Waals surface area (Å²) in [6, 6.07) is 17.3. The first-order valence-corrected chi connectivity index (χ1v) is 8.47. The van der Waals surface area contributed by atoms with Crippen molar-refractivity contribution in [2.75, 3.05) is 26.2 Å². The highest BCUT2D eigenvalue weighted by Gasteiger charge is 1.94. The van der Waals surface area contributed by atoms with Crippen LogP contribution >= 0.6 is 0 Å². The second kappa shape index (κ2) is 10.2. The minimum Gasteiger partial charge on any atom is -0.314 e. The molecule has 0 unspecified atom stereocenters. The van der Waals surface area contributed by atoms with Gasteiger partial charge in [-0.05, 0) is 25.0 Å². The van der Waals surface area contributed by atoms with E-state index in [1.807, 2.05) is 0 Å². The first-order valence-electron chi connectivity index (χ1n) is 8.47. The highest BCUT2D eigenvalue weighted by molar-refractivity contribution is 5.22. The van der Waals surface area contributed by atoms with Gasteiger partial charge in [-0.15, -0.1) is 0 Å². The van der Waals surface area contributed by atoms with Crippen LogP contribution < -0.4 is 16.0 Å². The molecule has 0 aliphatic rings. The fraction of sp³-hybridized carbons (Fsp3) is 0.400. The molecule has 0 saturated heterocycles. The maximum atomic E-state index is 3.47. The summed E-state index contributed by atoms with van der Waals surface area (Å²) in [5, 5.41) is 10.4. The van der Waals surface area contributed by atoms with Gasteiger partial charge in [-0.3, -0.25) is 0 Å². The highest BCUT2D eigenvalue weighted by atomic mass is 15.0. The second-order valence-electron chi connectivity index (χ2n) is 6.08. The molecule has 0 aliphatic heterocycles. The molecule has 0 fully saturated rings. The molecule has 23 heavy (non-hydrogen) atoms. The van der Waals surface area contributed by atoms with Crippen molar-refractivity contribution in [2.24, 2.45) is 0 Å². The van der Waals surface area contributed by atoms with E-state index in [-0.39, 0.29) is 0 Å². The molecule has 0 saturated carbocycles. The molecule has 2 rings (SSSR count). The number of benzene rings is 2. The highest BCUT2D eigenvalue weighted by Crippen LogP contribution is 2.03. The van der Waals surface area contributed by atoms with Crippen LogP contribution in [-0.4, -0.2) is 26.2 Å². The van der Waals surface area contributed by atoms with E-state index in [9.17, 15) is 0 Å². The predicted octanol–water partition coefficient (Wildman–Crippen LogP) is 2.77. The fourth-order valence-electron chi connectivity index (χ4n) is 2.59. The lowest BCUT2D eigenvalue weighted by Crippen LogP contribution is -2.32. The zero-order chi connectivity index (χ0) is 16.3. The molecule has 0 aliphatic carbocycles. The Labute approximate surface area is 140 Å². The third-order valence-electron chi connectivity index (χ3n) is 3.78. The first kappa shape index (κ1) is 17.7. The molecular formula is C20H29N3. The molecule has 3 nitrogen and oxygen atoms in total. The van der Waals surface area contributed by atoms with Crippen LogP contribution in [0.25, 0.3) is 0 Å². The lowest BCUT2D eigenvalue weighted by atomic mass is 10.1. The molecule has 0 aromatic heterocycles. The molecule has 3 heteroatoms. The molecule has 0 spiro atoms. The quantitative estimate of drug-likeness (QED) is 0.591. The van der Waals surface area contributed by atoms with Crippen molar-refractivity contribution in [3.8, 4) is 0 Å². The molecule has 0 heterocycles. The molecule has 0 atom stereocenters. The van der Waals surface area contributed by atoms with Gasteiger partial charge in [0.05, 0.1) is 0 Å². The van der Waals surface area contributed by atoms with Crippen molar-refractivity contribution in [2.45, 2.75) is 26.9 Å². The maximum absolute atomic E-state index is 3.47. The van der Waals surface area contributed by atoms with Crippen LogP contribution in [0.5, 0.6) is 0 Å². The lowest BCUT2D eigenvalue weighted by Gasteiger charge is -2.08. The molecule has 0 bridgehead atoms. The van der Waals surface area contributed by atoms with Crippen LogP contribution in [0.1, 0.15) is 22.3 Å². The minimum absolute atomic E-state index is 0.939. The Kier molecular flexibility index (Phi) is 7.81. The van der Waals surface area contributed by atoms with Gasteiger partial charge in [0.2, 0.25) is 0 Å². The van der Waals surface area contributed by atoms with Crippen LogP contribution in [0.2, 0.25) is 0 Å². The largest absolute Gasteiger partial charge is 0.314 e. The Bertz CT molecular complexity index is 529. The van der Waals surface area contributed by atoms with Gasteiger partial charge < -0.3 is 16.0 Å². The van der Waals surface area contributed by atoms with E-state index >= 15 is 0 Å². The van der Waals surface area contributed by atoms with E-state index in [4.69, 9.17) is 0 Å². The number of hydrogen-bond donors (Lipinski definition) is 3. The second-order valence-corrected chi connectivity index (χ2v) is 6.08. The van der Waals surface area contributed by atoms with E-state index in [0.29, 0.717) is 0 Å². The summed E-state index contributed by atoms with van der Waals surface area (Å²) in [5.41, 5.74) is 5.35. The summed E-state index contributed by atoms with van der Waals surface area (Å²) >= 11 is 0. The van der Waals surface area contributed by atoms with E-state index < -0.39 is 0 Å². The van der Waals surface area contributed by atoms with Crippen molar-refractivity contribution < 1.29 is 0 Å². The SMILES string of the molecule is Cc1cccc(CNCCNCCNCc2cccc(C)c2)c1. The van der Waals surface area contributed by atoms with Crippen molar-refractivity contribution in [1.82, 2.24) is 16.0 Å². The van der Waals surface area contributed by atoms with Gasteiger partial charge >= 0.3 is 0 Å². The average Bonchev–Trinajstić information content (AvgIpc) is 2.53. The van der Waals surface area contributed by atoms with Gasteiger partial charge in [0.15, 0.2) is 0 Å². The zero-order valence-corrected chi connectivity index (χ0v) is 14.4. The monoisotopic (exact) mass is 311 g/mol. The number of aryl methyl sites for hydroxylation is 2. The first-order chi connectivity index (χ1) is 11.2. The number of hydrogen-bond acceptors (Lipinski definition) is 3. The van der Waals surface area contributed by atoms with Crippen LogP contribution in [-0.2, 0) is 13.1 Å². The van der Waals surface area contributed by atoms with Crippen molar-refractivity contribution in [3.63, 3.8) is 0 Å². The third kappa shape index (κ3) is 7.42. The molecule has 3 N–H and O–H groups in total. The van der Waals surface area contributed by atoms with Crippen molar-refractivity contribution in [1.29, 1.82) is 0 Å². The van der Waals surface area contributed by atoms with Crippen LogP contribution in [0.15, 0.2) is 48.5 Å². The third-order valence-corrected chi connectivity index (χ3v) is 3.78. The van der Waals surface area contributed by atoms with Crippen LogP contribution in [0, 0.1) is 13.8 Å². The summed E-state index contributed by atoms with van der Waals surface area (Å²) in [7, 11) is 0. The average molecular weight is 311 g/mol. The topological polar surface area (TPSA) is 36.1 Å². The Hall–Kier alpha value is -1.68. The summed E-state index contributed by atoms with van der Waals surface area (Å²) in [5.74, 6) is 0. The molecule has 124 valence electrons. The van der Waals surface area contributed by atoms with E-state index in [0.717, 1.165) is 39.3 Å². The van der Waals surface area contributed by atoms with E-state index in [2.05, 4.69) is 78.3 Å². The molecule has 2 aromatic carbocycles. The fourth-order valence-corrected chi connectivity index (χ4v) is 2.59. The van der Waals surface area contributed by atoms with Gasteiger partial charge in [-0.2, -0.15) is 0 Å². The molecule has 0 amide bonds. The zero-order valence-electron chi connectivity index (χ0n) is 14.4. The molecular weight excluding hydrogens is 282 g/mol. The normalized spacial score (nSPS) is 10.9. The van der Waals surface area contributed by atoms with E-state index in [1.54, 1.807) is 0 Å². The summed E-state index contributed by atoms with van der Waals surface area (Å²) in [6.45, 7) is 10.1. The standard InChI is InChI=1S/C20H29N3/c1-17-5-3-7-19(13-17)15-22-11-9-21-10-12-23-16-20-8-4-6-18(2)14-20/h3-8,13-14,21-23H,9-12,15-16H2,1-2H3. The van der Waals surface area contributed by atoms with Gasteiger partial charge in [0.25, 0.3) is 0 Å². The van der Waals surface area contributed by atoms with Gasteiger partial charge in [-0.25, -0.2) is 0 Å². The van der Waals surface area contributed by atoms with Gasteiger partial charge in [0.1, 0.15) is 0 Å². The van der Waals surface area contributed by atoms with Crippen molar-refractivity contribution >= 4 is 0 Å². The lowest BCUT2D eigenvalue weighted by molar-refractivity contribution is 0.580. The summed E-state index contributed by atoms with van der Waals surface area (Å²) in [6.07, 6.45) is 0. The summed E-state index contributed by atoms with van der Waals surface area (Å²) in [4.78, 5) is 0. The van der Waals surface area contributed by atoms with E-state index in [1.165, 1.54) is 22.3 Å². The summed E-state index contributed by atoms with van der Waals surface area (Å²) < 4.78 is 0. The number of rotatable bonds is 10. The van der Waals surface area contributed by atoms with Crippen molar-refractivity contribution in [3.05, 3.63) is 70.8 Å². The van der Waals surface area contributed by atoms with Crippen LogP contribution in [0.3, 0.4) is 0 Å². The van der Waals surface area contributed by atoms with Gasteiger partial charge in [-0.1, -0.05) is 59.7 Å². The molecule has 2 aromatic rings. The molecule has 0 radical (unpaired) electrons. The Morgan fingerprint density at radius 1 is 0.609 bits per heavy atom.